The van der Waals surface area contributed by atoms with Gasteiger partial charge in [-0.3, -0.25) is 4.85 Å². The van der Waals surface area contributed by atoms with Crippen molar-refractivity contribution < 1.29 is 0 Å². The summed E-state index contributed by atoms with van der Waals surface area (Å²) in [7, 11) is 0. The molecular formula is C9H14N2. The predicted molar refractivity (Wildman–Crippen MR) is 43.9 cm³/mol. The van der Waals surface area contributed by atoms with E-state index in [0.29, 0.717) is 12.1 Å². The smallest absolute Gasteiger partial charge is 0.270 e. The molecule has 0 aromatic rings. The maximum atomic E-state index is 6.76. The molecule has 1 aliphatic heterocycles. The molecule has 2 rings (SSSR count). The highest BCUT2D eigenvalue weighted by Crippen LogP contribution is 2.47. The summed E-state index contributed by atoms with van der Waals surface area (Å²) in [5.74, 6) is 0. The molecule has 0 aromatic heterocycles. The topological polar surface area (TPSA) is 7.60 Å². The van der Waals surface area contributed by atoms with Crippen molar-refractivity contribution in [2.24, 2.45) is 5.41 Å². The van der Waals surface area contributed by atoms with Crippen molar-refractivity contribution >= 4 is 0 Å². The molecule has 1 aliphatic carbocycles. The molecule has 0 aromatic carbocycles. The Bertz CT molecular complexity index is 188. The van der Waals surface area contributed by atoms with Gasteiger partial charge in [0.1, 0.15) is 0 Å². The van der Waals surface area contributed by atoms with Crippen LogP contribution in [0.4, 0.5) is 0 Å². The van der Waals surface area contributed by atoms with Crippen LogP contribution < -0.4 is 0 Å². The fraction of sp³-hybridized carbons (Fsp3) is 0.889. The molecule has 1 saturated carbocycles. The van der Waals surface area contributed by atoms with Crippen molar-refractivity contribution in [2.45, 2.75) is 25.7 Å². The largest absolute Gasteiger partial charge is 0.299 e. The van der Waals surface area contributed by atoms with Gasteiger partial charge in [0, 0.05) is 13.1 Å². The zero-order chi connectivity index (χ0) is 7.73. The average Bonchev–Trinajstić information content (AvgIpc) is 2.32. The van der Waals surface area contributed by atoms with Gasteiger partial charge in [0.05, 0.1) is 0 Å². The Morgan fingerprint density at radius 3 is 2.64 bits per heavy atom. The Balaban J connectivity index is 1.89. The molecule has 0 radical (unpaired) electrons. The van der Waals surface area contributed by atoms with E-state index in [-0.39, 0.29) is 0 Å². The van der Waals surface area contributed by atoms with Gasteiger partial charge in [-0.1, -0.05) is 6.42 Å². The minimum absolute atomic E-state index is 0.627. The van der Waals surface area contributed by atoms with Gasteiger partial charge in [-0.15, -0.1) is 0 Å². The number of hydrogen-bond acceptors (Lipinski definition) is 1. The highest BCUT2D eigenvalue weighted by atomic mass is 15.2. The number of hydrogen-bond donors (Lipinski definition) is 0. The summed E-state index contributed by atoms with van der Waals surface area (Å²) < 4.78 is 0. The SMILES string of the molecule is [C-]#[N+]CN1CCC2(CCC2)C1. The molecule has 0 unspecified atom stereocenters. The van der Waals surface area contributed by atoms with Crippen LogP contribution in [0.5, 0.6) is 0 Å². The van der Waals surface area contributed by atoms with Crippen molar-refractivity contribution in [3.05, 3.63) is 11.4 Å². The maximum Gasteiger partial charge on any atom is 0.270 e. The van der Waals surface area contributed by atoms with Crippen LogP contribution in [-0.4, -0.2) is 24.7 Å². The number of nitrogens with zero attached hydrogens (tertiary/aromatic N) is 2. The maximum absolute atomic E-state index is 6.76. The second-order valence-electron chi connectivity index (χ2n) is 3.96. The first kappa shape index (κ1) is 7.12. The molecule has 60 valence electrons. The molecule has 1 spiro atoms. The summed E-state index contributed by atoms with van der Waals surface area (Å²) >= 11 is 0. The van der Waals surface area contributed by atoms with Gasteiger partial charge < -0.3 is 0 Å². The first-order valence-corrected chi connectivity index (χ1v) is 4.40. The van der Waals surface area contributed by atoms with Gasteiger partial charge in [-0.2, -0.15) is 0 Å². The van der Waals surface area contributed by atoms with Gasteiger partial charge in [0.15, 0.2) is 0 Å². The molecule has 0 amide bonds. The van der Waals surface area contributed by atoms with Crippen LogP contribution in [-0.2, 0) is 0 Å². The molecule has 2 fully saturated rings. The lowest BCUT2D eigenvalue weighted by Crippen LogP contribution is -2.32. The third-order valence-electron chi connectivity index (χ3n) is 3.20. The zero-order valence-electron chi connectivity index (χ0n) is 6.84. The average molecular weight is 150 g/mol. The number of likely N-dealkylation sites (tertiary alicyclic amines) is 1. The van der Waals surface area contributed by atoms with Crippen LogP contribution in [0, 0.1) is 12.0 Å². The minimum Gasteiger partial charge on any atom is -0.299 e. The third-order valence-corrected chi connectivity index (χ3v) is 3.20. The van der Waals surface area contributed by atoms with Gasteiger partial charge in [0.2, 0.25) is 0 Å². The van der Waals surface area contributed by atoms with E-state index >= 15 is 0 Å². The highest BCUT2D eigenvalue weighted by molar-refractivity contribution is 4.95. The standard InChI is InChI=1S/C9H14N2/c1-10-8-11-6-5-9(7-11)3-2-4-9/h2-8H2. The molecule has 0 atom stereocenters. The van der Waals surface area contributed by atoms with E-state index < -0.39 is 0 Å². The van der Waals surface area contributed by atoms with Crippen molar-refractivity contribution in [3.63, 3.8) is 0 Å². The van der Waals surface area contributed by atoms with Crippen LogP contribution >= 0.6 is 0 Å². The molecule has 2 nitrogen and oxygen atoms in total. The predicted octanol–water partition coefficient (Wildman–Crippen LogP) is 1.74. The van der Waals surface area contributed by atoms with Crippen molar-refractivity contribution in [3.8, 4) is 0 Å². The van der Waals surface area contributed by atoms with Crippen molar-refractivity contribution in [1.29, 1.82) is 0 Å². The summed E-state index contributed by atoms with van der Waals surface area (Å²) in [5.41, 5.74) is 0.671. The molecule has 1 saturated heterocycles. The Hall–Kier alpha value is -0.550. The fourth-order valence-electron chi connectivity index (χ4n) is 2.33. The lowest BCUT2D eigenvalue weighted by atomic mass is 9.68. The normalized spacial score (nSPS) is 28.3. The Kier molecular flexibility index (Phi) is 1.61. The van der Waals surface area contributed by atoms with E-state index in [1.807, 2.05) is 0 Å². The van der Waals surface area contributed by atoms with Crippen LogP contribution in [0.2, 0.25) is 0 Å². The van der Waals surface area contributed by atoms with Gasteiger partial charge in [-0.05, 0) is 24.7 Å². The molecule has 2 aliphatic rings. The Morgan fingerprint density at radius 2 is 2.18 bits per heavy atom. The van der Waals surface area contributed by atoms with Crippen LogP contribution in [0.15, 0.2) is 0 Å². The first-order chi connectivity index (χ1) is 5.35. The molecule has 1 heterocycles. The zero-order valence-corrected chi connectivity index (χ0v) is 6.84. The summed E-state index contributed by atoms with van der Waals surface area (Å²) in [6.45, 7) is 9.75. The molecule has 11 heavy (non-hydrogen) atoms. The van der Waals surface area contributed by atoms with Crippen LogP contribution in [0.3, 0.4) is 0 Å². The highest BCUT2D eigenvalue weighted by Gasteiger charge is 2.43. The van der Waals surface area contributed by atoms with Crippen LogP contribution in [0.25, 0.3) is 4.85 Å². The van der Waals surface area contributed by atoms with E-state index in [2.05, 4.69) is 9.74 Å². The second kappa shape index (κ2) is 2.49. The summed E-state index contributed by atoms with van der Waals surface area (Å²) in [6, 6.07) is 0. The molecule has 0 N–H and O–H groups in total. The summed E-state index contributed by atoms with van der Waals surface area (Å²) in [6.07, 6.45) is 5.61. The first-order valence-electron chi connectivity index (χ1n) is 4.40. The van der Waals surface area contributed by atoms with Gasteiger partial charge in [0.25, 0.3) is 6.67 Å². The third kappa shape index (κ3) is 1.14. The van der Waals surface area contributed by atoms with E-state index in [1.165, 1.54) is 38.8 Å². The van der Waals surface area contributed by atoms with Gasteiger partial charge in [-0.25, -0.2) is 11.5 Å². The molecule has 0 bridgehead atoms. The minimum atomic E-state index is 0.627. The van der Waals surface area contributed by atoms with E-state index in [4.69, 9.17) is 6.57 Å². The van der Waals surface area contributed by atoms with Crippen LogP contribution in [0.1, 0.15) is 25.7 Å². The summed E-state index contributed by atoms with van der Waals surface area (Å²) in [5, 5.41) is 0. The fourth-order valence-corrected chi connectivity index (χ4v) is 2.33. The van der Waals surface area contributed by atoms with Gasteiger partial charge >= 0.3 is 0 Å². The van der Waals surface area contributed by atoms with E-state index in [1.54, 1.807) is 0 Å². The molecule has 2 heteroatoms. The second-order valence-corrected chi connectivity index (χ2v) is 3.96. The monoisotopic (exact) mass is 150 g/mol. The Labute approximate surface area is 68.0 Å². The lowest BCUT2D eigenvalue weighted by Gasteiger charge is -2.37. The van der Waals surface area contributed by atoms with Crippen molar-refractivity contribution in [2.75, 3.05) is 19.8 Å². The quantitative estimate of drug-likeness (QED) is 0.517. The number of rotatable bonds is 1. The lowest BCUT2D eigenvalue weighted by molar-refractivity contribution is 0.142. The summed E-state index contributed by atoms with van der Waals surface area (Å²) in [4.78, 5) is 5.72. The van der Waals surface area contributed by atoms with Crippen molar-refractivity contribution in [1.82, 2.24) is 4.90 Å². The molecular weight excluding hydrogens is 136 g/mol. The van der Waals surface area contributed by atoms with E-state index in [0.717, 1.165) is 0 Å². The van der Waals surface area contributed by atoms with E-state index in [9.17, 15) is 0 Å². The Morgan fingerprint density at radius 1 is 1.36 bits per heavy atom.